The SMILES string of the molecule is NC1C2CCC(C2)C1C(=O)N1CCC(Oc2ccc([N+](=O)[O-])cc2)CC1. The van der Waals surface area contributed by atoms with Gasteiger partial charge in [-0.2, -0.15) is 0 Å². The summed E-state index contributed by atoms with van der Waals surface area (Å²) in [4.78, 5) is 25.1. The highest BCUT2D eigenvalue weighted by Crippen LogP contribution is 2.48. The van der Waals surface area contributed by atoms with Gasteiger partial charge in [-0.25, -0.2) is 0 Å². The summed E-state index contributed by atoms with van der Waals surface area (Å²) >= 11 is 0. The summed E-state index contributed by atoms with van der Waals surface area (Å²) < 4.78 is 5.93. The Kier molecular flexibility index (Phi) is 4.56. The third kappa shape index (κ3) is 3.16. The maximum Gasteiger partial charge on any atom is 0.269 e. The topological polar surface area (TPSA) is 98.7 Å². The van der Waals surface area contributed by atoms with E-state index in [1.807, 2.05) is 4.90 Å². The first-order valence-electron chi connectivity index (χ1n) is 9.48. The molecule has 0 radical (unpaired) electrons. The second kappa shape index (κ2) is 6.87. The Morgan fingerprint density at radius 1 is 1.12 bits per heavy atom. The lowest BCUT2D eigenvalue weighted by molar-refractivity contribution is -0.384. The van der Waals surface area contributed by atoms with Gasteiger partial charge in [-0.05, 0) is 43.2 Å². The molecule has 140 valence electrons. The number of hydrogen-bond donors (Lipinski definition) is 1. The van der Waals surface area contributed by atoms with Crippen LogP contribution in [0.4, 0.5) is 5.69 Å². The van der Waals surface area contributed by atoms with Crippen molar-refractivity contribution >= 4 is 11.6 Å². The zero-order chi connectivity index (χ0) is 18.3. The van der Waals surface area contributed by atoms with Crippen molar-refractivity contribution in [1.29, 1.82) is 0 Å². The van der Waals surface area contributed by atoms with Crippen molar-refractivity contribution in [3.8, 4) is 5.75 Å². The van der Waals surface area contributed by atoms with Crippen LogP contribution < -0.4 is 10.5 Å². The van der Waals surface area contributed by atoms with E-state index in [0.717, 1.165) is 25.7 Å². The highest BCUT2D eigenvalue weighted by atomic mass is 16.6. The van der Waals surface area contributed by atoms with Gasteiger partial charge in [0.15, 0.2) is 0 Å². The Morgan fingerprint density at radius 3 is 2.35 bits per heavy atom. The normalized spacial score (nSPS) is 31.2. The first-order chi connectivity index (χ1) is 12.5. The Labute approximate surface area is 152 Å². The summed E-state index contributed by atoms with van der Waals surface area (Å²) in [7, 11) is 0. The number of nitro groups is 1. The molecule has 3 fully saturated rings. The van der Waals surface area contributed by atoms with Crippen LogP contribution >= 0.6 is 0 Å². The molecule has 2 N–H and O–H groups in total. The molecular formula is C19H25N3O4. The third-order valence-corrected chi connectivity index (χ3v) is 6.37. The van der Waals surface area contributed by atoms with Crippen LogP contribution in [0.1, 0.15) is 32.1 Å². The van der Waals surface area contributed by atoms with E-state index in [1.165, 1.54) is 18.6 Å². The second-order valence-corrected chi connectivity index (χ2v) is 7.83. The molecule has 7 heteroatoms. The van der Waals surface area contributed by atoms with Crippen molar-refractivity contribution in [2.45, 2.75) is 44.2 Å². The van der Waals surface area contributed by atoms with Gasteiger partial charge in [0.1, 0.15) is 11.9 Å². The van der Waals surface area contributed by atoms with Gasteiger partial charge in [0.05, 0.1) is 10.8 Å². The molecule has 3 aliphatic rings. The highest BCUT2D eigenvalue weighted by Gasteiger charge is 2.50. The van der Waals surface area contributed by atoms with Gasteiger partial charge < -0.3 is 15.4 Å². The highest BCUT2D eigenvalue weighted by molar-refractivity contribution is 5.80. The second-order valence-electron chi connectivity index (χ2n) is 7.83. The number of hydrogen-bond acceptors (Lipinski definition) is 5. The van der Waals surface area contributed by atoms with Crippen LogP contribution in [0.25, 0.3) is 0 Å². The molecule has 4 unspecified atom stereocenters. The summed E-state index contributed by atoms with van der Waals surface area (Å²) in [6, 6.07) is 6.19. The summed E-state index contributed by atoms with van der Waals surface area (Å²) in [5.41, 5.74) is 6.37. The predicted octanol–water partition coefficient (Wildman–Crippen LogP) is 2.34. The Bertz CT molecular complexity index is 683. The van der Waals surface area contributed by atoms with Crippen LogP contribution in [0.2, 0.25) is 0 Å². The summed E-state index contributed by atoms with van der Waals surface area (Å²) in [6.45, 7) is 1.38. The lowest BCUT2D eigenvalue weighted by Crippen LogP contribution is -2.50. The Morgan fingerprint density at radius 2 is 1.77 bits per heavy atom. The van der Waals surface area contributed by atoms with Crippen molar-refractivity contribution in [3.05, 3.63) is 34.4 Å². The average Bonchev–Trinajstić information content (AvgIpc) is 3.23. The molecule has 4 atom stereocenters. The summed E-state index contributed by atoms with van der Waals surface area (Å²) in [6.07, 6.45) is 5.04. The molecule has 1 aliphatic heterocycles. The predicted molar refractivity (Wildman–Crippen MR) is 95.6 cm³/mol. The molecule has 1 amide bonds. The van der Waals surface area contributed by atoms with E-state index >= 15 is 0 Å². The van der Waals surface area contributed by atoms with Crippen LogP contribution in [0.3, 0.4) is 0 Å². The lowest BCUT2D eigenvalue weighted by Gasteiger charge is -2.37. The summed E-state index contributed by atoms with van der Waals surface area (Å²) in [5.74, 6) is 1.91. The maximum atomic E-state index is 12.9. The van der Waals surface area contributed by atoms with Crippen molar-refractivity contribution < 1.29 is 14.5 Å². The van der Waals surface area contributed by atoms with Gasteiger partial charge in [0, 0.05) is 44.1 Å². The van der Waals surface area contributed by atoms with Crippen LogP contribution in [-0.2, 0) is 4.79 Å². The zero-order valence-corrected chi connectivity index (χ0v) is 14.8. The smallest absolute Gasteiger partial charge is 0.269 e. The van der Waals surface area contributed by atoms with Crippen molar-refractivity contribution in [3.63, 3.8) is 0 Å². The number of nitro benzene ring substituents is 1. The molecule has 26 heavy (non-hydrogen) atoms. The van der Waals surface area contributed by atoms with E-state index in [2.05, 4.69) is 0 Å². The van der Waals surface area contributed by atoms with E-state index in [-0.39, 0.29) is 29.7 Å². The standard InChI is InChI=1S/C19H25N3O4/c20-18-13-2-1-12(11-13)17(18)19(23)21-9-7-16(8-10-21)26-15-5-3-14(4-6-15)22(24)25/h3-6,12-13,16-18H,1-2,7-11,20H2. The minimum Gasteiger partial charge on any atom is -0.490 e. The van der Waals surface area contributed by atoms with Gasteiger partial charge in [-0.1, -0.05) is 0 Å². The third-order valence-electron chi connectivity index (χ3n) is 6.37. The number of ether oxygens (including phenoxy) is 1. The molecule has 1 aromatic rings. The first kappa shape index (κ1) is 17.3. The van der Waals surface area contributed by atoms with E-state index in [4.69, 9.17) is 10.5 Å². The van der Waals surface area contributed by atoms with Crippen LogP contribution in [0.5, 0.6) is 5.75 Å². The Hall–Kier alpha value is -2.15. The van der Waals surface area contributed by atoms with Gasteiger partial charge in [0.2, 0.25) is 5.91 Å². The van der Waals surface area contributed by atoms with Gasteiger partial charge in [0.25, 0.3) is 5.69 Å². The fraction of sp³-hybridized carbons (Fsp3) is 0.632. The van der Waals surface area contributed by atoms with E-state index in [1.54, 1.807) is 12.1 Å². The van der Waals surface area contributed by atoms with E-state index < -0.39 is 4.92 Å². The molecular weight excluding hydrogens is 334 g/mol. The largest absolute Gasteiger partial charge is 0.490 e. The number of non-ortho nitro benzene ring substituents is 1. The van der Waals surface area contributed by atoms with E-state index in [0.29, 0.717) is 30.7 Å². The number of amides is 1. The number of carbonyl (C=O) groups excluding carboxylic acids is 1. The molecule has 4 rings (SSSR count). The van der Waals surface area contributed by atoms with Gasteiger partial charge in [-0.15, -0.1) is 0 Å². The molecule has 0 aromatic heterocycles. The fourth-order valence-corrected chi connectivity index (χ4v) is 4.95. The number of nitrogens with two attached hydrogens (primary N) is 1. The quantitative estimate of drug-likeness (QED) is 0.657. The van der Waals surface area contributed by atoms with Crippen molar-refractivity contribution in [2.75, 3.05) is 13.1 Å². The number of piperidine rings is 1. The molecule has 2 aliphatic carbocycles. The first-order valence-corrected chi connectivity index (χ1v) is 9.48. The number of nitrogens with zero attached hydrogens (tertiary/aromatic N) is 2. The molecule has 1 saturated heterocycles. The molecule has 7 nitrogen and oxygen atoms in total. The lowest BCUT2D eigenvalue weighted by atomic mass is 9.83. The average molecular weight is 359 g/mol. The molecule has 1 aromatic carbocycles. The van der Waals surface area contributed by atoms with E-state index in [9.17, 15) is 14.9 Å². The molecule has 0 spiro atoms. The Balaban J connectivity index is 1.30. The van der Waals surface area contributed by atoms with Crippen molar-refractivity contribution in [2.24, 2.45) is 23.5 Å². The number of benzene rings is 1. The number of carbonyl (C=O) groups is 1. The molecule has 1 heterocycles. The van der Waals surface area contributed by atoms with Gasteiger partial charge in [-0.3, -0.25) is 14.9 Å². The van der Waals surface area contributed by atoms with Gasteiger partial charge >= 0.3 is 0 Å². The monoisotopic (exact) mass is 359 g/mol. The molecule has 2 saturated carbocycles. The minimum atomic E-state index is -0.422. The van der Waals surface area contributed by atoms with Crippen LogP contribution in [-0.4, -0.2) is 41.0 Å². The zero-order valence-electron chi connectivity index (χ0n) is 14.8. The minimum absolute atomic E-state index is 0.0147. The van der Waals surface area contributed by atoms with Crippen LogP contribution in [0.15, 0.2) is 24.3 Å². The number of fused-ring (bicyclic) bond motifs is 2. The number of likely N-dealkylation sites (tertiary alicyclic amines) is 1. The van der Waals surface area contributed by atoms with Crippen molar-refractivity contribution in [1.82, 2.24) is 4.90 Å². The number of rotatable bonds is 4. The molecule has 2 bridgehead atoms. The fourth-order valence-electron chi connectivity index (χ4n) is 4.95. The maximum absolute atomic E-state index is 12.9. The summed E-state index contributed by atoms with van der Waals surface area (Å²) in [5, 5.41) is 10.7. The van der Waals surface area contributed by atoms with Crippen LogP contribution in [0, 0.1) is 27.9 Å².